The van der Waals surface area contributed by atoms with Gasteiger partial charge in [0.15, 0.2) is 0 Å². The quantitative estimate of drug-likeness (QED) is 0.231. The zero-order chi connectivity index (χ0) is 23.8. The molecule has 0 bridgehead atoms. The number of hydrogen-bond acceptors (Lipinski definition) is 2. The number of aromatic nitrogens is 1. The van der Waals surface area contributed by atoms with Crippen molar-refractivity contribution in [2.45, 2.75) is 117 Å². The summed E-state index contributed by atoms with van der Waals surface area (Å²) in [5.74, 6) is 2.83. The first-order chi connectivity index (χ1) is 16.8. The Hall–Kier alpha value is -1.83. The number of benzene rings is 1. The number of ether oxygens (including phenoxy) is 1. The van der Waals surface area contributed by atoms with Crippen LogP contribution in [0.25, 0.3) is 11.3 Å². The predicted octanol–water partition coefficient (Wildman–Crippen LogP) is 9.81. The maximum absolute atomic E-state index is 5.79. The molecule has 1 aliphatic rings. The van der Waals surface area contributed by atoms with Gasteiger partial charge in [0.05, 0.1) is 18.5 Å². The third-order valence-corrected chi connectivity index (χ3v) is 7.78. The summed E-state index contributed by atoms with van der Waals surface area (Å²) < 4.78 is 5.79. The van der Waals surface area contributed by atoms with Crippen molar-refractivity contribution in [3.63, 3.8) is 0 Å². The summed E-state index contributed by atoms with van der Waals surface area (Å²) in [5, 5.41) is 0. The Morgan fingerprint density at radius 3 is 2.03 bits per heavy atom. The molecule has 0 radical (unpaired) electrons. The molecule has 34 heavy (non-hydrogen) atoms. The van der Waals surface area contributed by atoms with Gasteiger partial charge in [-0.2, -0.15) is 0 Å². The standard InChI is InChI=1S/C32H49NO/c1-3-5-7-8-9-10-12-27-13-15-28(16-14-27)17-18-29-19-21-30(22-20-29)32-24-23-31(26-33-32)34-25-11-6-4-2/h19-24,26-28H,3-18,25H2,1-2H3/t27-,28-. The van der Waals surface area contributed by atoms with Crippen LogP contribution in [0.5, 0.6) is 5.75 Å². The van der Waals surface area contributed by atoms with Crippen LogP contribution in [0, 0.1) is 11.8 Å². The average Bonchev–Trinajstić information content (AvgIpc) is 2.89. The van der Waals surface area contributed by atoms with Gasteiger partial charge in [-0.25, -0.2) is 0 Å². The summed E-state index contributed by atoms with van der Waals surface area (Å²) in [6, 6.07) is 13.2. The van der Waals surface area contributed by atoms with E-state index in [0.29, 0.717) is 0 Å². The average molecular weight is 464 g/mol. The van der Waals surface area contributed by atoms with Crippen LogP contribution in [0.2, 0.25) is 0 Å². The molecular formula is C32H49NO. The molecule has 2 heteroatoms. The first-order valence-corrected chi connectivity index (χ1v) is 14.5. The van der Waals surface area contributed by atoms with E-state index in [1.807, 2.05) is 12.3 Å². The maximum atomic E-state index is 5.79. The second kappa shape index (κ2) is 16.0. The van der Waals surface area contributed by atoms with Crippen LogP contribution in [0.15, 0.2) is 42.6 Å². The van der Waals surface area contributed by atoms with E-state index in [1.54, 1.807) is 0 Å². The zero-order valence-electron chi connectivity index (χ0n) is 22.1. The molecule has 0 amide bonds. The van der Waals surface area contributed by atoms with Gasteiger partial charge in [-0.3, -0.25) is 4.98 Å². The molecular weight excluding hydrogens is 414 g/mol. The fourth-order valence-electron chi connectivity index (χ4n) is 5.41. The van der Waals surface area contributed by atoms with Crippen molar-refractivity contribution in [2.75, 3.05) is 6.61 Å². The van der Waals surface area contributed by atoms with E-state index in [-0.39, 0.29) is 0 Å². The minimum Gasteiger partial charge on any atom is -0.492 e. The summed E-state index contributed by atoms with van der Waals surface area (Å²) in [6.07, 6.45) is 23.9. The Kier molecular flexibility index (Phi) is 12.6. The van der Waals surface area contributed by atoms with Crippen LogP contribution in [0.3, 0.4) is 0 Å². The molecule has 1 aliphatic carbocycles. The Morgan fingerprint density at radius 1 is 0.706 bits per heavy atom. The molecule has 1 fully saturated rings. The Labute approximate surface area is 209 Å². The van der Waals surface area contributed by atoms with Crippen molar-refractivity contribution in [1.82, 2.24) is 4.98 Å². The molecule has 0 saturated heterocycles. The molecule has 0 aliphatic heterocycles. The molecule has 0 unspecified atom stereocenters. The SMILES string of the molecule is CCCCCCCC[C@H]1CC[C@H](CCc2ccc(-c3ccc(OCCCCC)cn3)cc2)CC1. The monoisotopic (exact) mass is 463 g/mol. The van der Waals surface area contributed by atoms with E-state index in [2.05, 4.69) is 49.2 Å². The lowest BCUT2D eigenvalue weighted by Crippen LogP contribution is -2.15. The second-order valence-corrected chi connectivity index (χ2v) is 10.6. The number of pyridine rings is 1. The van der Waals surface area contributed by atoms with Crippen LogP contribution >= 0.6 is 0 Å². The number of hydrogen-bond donors (Lipinski definition) is 0. The third-order valence-electron chi connectivity index (χ3n) is 7.78. The lowest BCUT2D eigenvalue weighted by molar-refractivity contribution is 0.248. The summed E-state index contributed by atoms with van der Waals surface area (Å²) >= 11 is 0. The summed E-state index contributed by atoms with van der Waals surface area (Å²) in [4.78, 5) is 4.62. The fraction of sp³-hybridized carbons (Fsp3) is 0.656. The molecule has 0 spiro atoms. The second-order valence-electron chi connectivity index (χ2n) is 10.6. The molecule has 1 aromatic carbocycles. The minimum absolute atomic E-state index is 0.782. The molecule has 3 rings (SSSR count). The van der Waals surface area contributed by atoms with Crippen LogP contribution in [0.1, 0.15) is 116 Å². The van der Waals surface area contributed by atoms with Crippen molar-refractivity contribution in [1.29, 1.82) is 0 Å². The Bertz CT molecular complexity index is 759. The van der Waals surface area contributed by atoms with E-state index in [0.717, 1.165) is 36.3 Å². The molecule has 0 N–H and O–H groups in total. The number of aryl methyl sites for hydroxylation is 1. The molecule has 2 nitrogen and oxygen atoms in total. The van der Waals surface area contributed by atoms with Gasteiger partial charge in [0.1, 0.15) is 5.75 Å². The van der Waals surface area contributed by atoms with E-state index < -0.39 is 0 Å². The fourth-order valence-corrected chi connectivity index (χ4v) is 5.41. The maximum Gasteiger partial charge on any atom is 0.137 e. The molecule has 2 aromatic rings. The number of unbranched alkanes of at least 4 members (excludes halogenated alkanes) is 7. The highest BCUT2D eigenvalue weighted by atomic mass is 16.5. The highest BCUT2D eigenvalue weighted by molar-refractivity contribution is 5.59. The highest BCUT2D eigenvalue weighted by Gasteiger charge is 2.20. The molecule has 0 atom stereocenters. The van der Waals surface area contributed by atoms with E-state index >= 15 is 0 Å². The third kappa shape index (κ3) is 9.80. The molecule has 1 heterocycles. The van der Waals surface area contributed by atoms with Gasteiger partial charge >= 0.3 is 0 Å². The molecule has 1 aromatic heterocycles. The van der Waals surface area contributed by atoms with Crippen molar-refractivity contribution >= 4 is 0 Å². The highest BCUT2D eigenvalue weighted by Crippen LogP contribution is 2.34. The van der Waals surface area contributed by atoms with Gasteiger partial charge in [-0.05, 0) is 48.8 Å². The lowest BCUT2D eigenvalue weighted by Gasteiger charge is -2.28. The Morgan fingerprint density at radius 2 is 1.35 bits per heavy atom. The molecule has 1 saturated carbocycles. The van der Waals surface area contributed by atoms with Crippen LogP contribution in [-0.4, -0.2) is 11.6 Å². The van der Waals surface area contributed by atoms with Gasteiger partial charge in [-0.1, -0.05) is 122 Å². The van der Waals surface area contributed by atoms with Crippen molar-refractivity contribution in [2.24, 2.45) is 11.8 Å². The smallest absolute Gasteiger partial charge is 0.137 e. The summed E-state index contributed by atoms with van der Waals surface area (Å²) in [6.45, 7) is 5.30. The van der Waals surface area contributed by atoms with Crippen LogP contribution in [0.4, 0.5) is 0 Å². The predicted molar refractivity (Wildman–Crippen MR) is 146 cm³/mol. The Balaban J connectivity index is 1.32. The van der Waals surface area contributed by atoms with Crippen molar-refractivity contribution in [3.8, 4) is 17.0 Å². The summed E-state index contributed by atoms with van der Waals surface area (Å²) in [7, 11) is 0. The first-order valence-electron chi connectivity index (χ1n) is 14.5. The molecule has 188 valence electrons. The number of rotatable bonds is 16. The first kappa shape index (κ1) is 26.8. The van der Waals surface area contributed by atoms with Gasteiger partial charge in [-0.15, -0.1) is 0 Å². The van der Waals surface area contributed by atoms with Gasteiger partial charge in [0.2, 0.25) is 0 Å². The topological polar surface area (TPSA) is 22.1 Å². The van der Waals surface area contributed by atoms with Gasteiger partial charge in [0, 0.05) is 5.56 Å². The van der Waals surface area contributed by atoms with E-state index in [4.69, 9.17) is 4.74 Å². The number of nitrogens with zero attached hydrogens (tertiary/aromatic N) is 1. The normalized spacial score (nSPS) is 18.2. The zero-order valence-corrected chi connectivity index (χ0v) is 22.1. The van der Waals surface area contributed by atoms with E-state index in [1.165, 1.54) is 107 Å². The minimum atomic E-state index is 0.782. The van der Waals surface area contributed by atoms with Crippen molar-refractivity contribution in [3.05, 3.63) is 48.2 Å². The lowest BCUT2D eigenvalue weighted by atomic mass is 9.77. The van der Waals surface area contributed by atoms with Crippen molar-refractivity contribution < 1.29 is 4.74 Å². The summed E-state index contributed by atoms with van der Waals surface area (Å²) in [5.41, 5.74) is 3.68. The van der Waals surface area contributed by atoms with Gasteiger partial charge < -0.3 is 4.74 Å². The van der Waals surface area contributed by atoms with Crippen LogP contribution < -0.4 is 4.74 Å². The van der Waals surface area contributed by atoms with Crippen LogP contribution in [-0.2, 0) is 6.42 Å². The largest absolute Gasteiger partial charge is 0.492 e. The van der Waals surface area contributed by atoms with Gasteiger partial charge in [0.25, 0.3) is 0 Å². The van der Waals surface area contributed by atoms with E-state index in [9.17, 15) is 0 Å².